The van der Waals surface area contributed by atoms with E-state index < -0.39 is 11.9 Å². The minimum atomic E-state index is -0.989. The first-order chi connectivity index (χ1) is 14.4. The van der Waals surface area contributed by atoms with E-state index in [0.29, 0.717) is 23.1 Å². The van der Waals surface area contributed by atoms with Crippen molar-refractivity contribution in [1.82, 2.24) is 9.97 Å². The molecule has 4 aromatic rings. The van der Waals surface area contributed by atoms with Crippen LogP contribution < -0.4 is 0 Å². The third kappa shape index (κ3) is 2.94. The van der Waals surface area contributed by atoms with Gasteiger partial charge in [0.1, 0.15) is 17.0 Å². The maximum atomic E-state index is 12.8. The van der Waals surface area contributed by atoms with Crippen LogP contribution in [0.25, 0.3) is 33.5 Å². The Hall–Kier alpha value is -3.61. The topological polar surface area (TPSA) is 116 Å². The molecule has 7 heteroatoms. The second-order valence-corrected chi connectivity index (χ2v) is 8.03. The molecule has 0 saturated carbocycles. The number of carboxylic acid groups (broad SMARTS) is 1. The number of aromatic nitrogens is 2. The number of carbonyl (C=O) groups is 2. The molecule has 0 radical (unpaired) electrons. The summed E-state index contributed by atoms with van der Waals surface area (Å²) in [4.78, 5) is 32.5. The summed E-state index contributed by atoms with van der Waals surface area (Å²) in [6, 6.07) is 8.76. The maximum Gasteiger partial charge on any atom is 0.307 e. The number of hydrogen-bond acceptors (Lipinski definition) is 5. The zero-order valence-corrected chi connectivity index (χ0v) is 16.3. The van der Waals surface area contributed by atoms with Crippen LogP contribution in [0.1, 0.15) is 24.5 Å². The number of hydrogen-bond donors (Lipinski definition) is 3. The van der Waals surface area contributed by atoms with Crippen LogP contribution in [0.2, 0.25) is 0 Å². The summed E-state index contributed by atoms with van der Waals surface area (Å²) in [7, 11) is 0. The standard InChI is InChI=1S/C23H20N2O5/c1-11-6-12-2-4-17(26)15(7-12)22-25-21-19(30-22)5-3-16-20(21)14(10-24-16)8-13(23(28)29)9-18(11)27/h2-5,7,10-11,13,24,26H,6,8-9H2,1H3,(H,28,29). The molecule has 0 fully saturated rings. The first kappa shape index (κ1) is 18.4. The molecule has 2 aromatic carbocycles. The predicted molar refractivity (Wildman–Crippen MR) is 110 cm³/mol. The number of ketones is 1. The van der Waals surface area contributed by atoms with Gasteiger partial charge in [0.2, 0.25) is 5.89 Å². The van der Waals surface area contributed by atoms with Gasteiger partial charge >= 0.3 is 5.97 Å². The molecule has 0 spiro atoms. The van der Waals surface area contributed by atoms with E-state index in [1.807, 2.05) is 6.07 Å². The van der Waals surface area contributed by atoms with Crippen LogP contribution >= 0.6 is 0 Å². The largest absolute Gasteiger partial charge is 0.507 e. The fraction of sp³-hybridized carbons (Fsp3) is 0.261. The van der Waals surface area contributed by atoms with Gasteiger partial charge in [0.05, 0.1) is 11.5 Å². The fourth-order valence-corrected chi connectivity index (χ4v) is 4.26. The number of aliphatic carboxylic acids is 1. The second-order valence-electron chi connectivity index (χ2n) is 8.03. The van der Waals surface area contributed by atoms with Crippen LogP contribution in [0.5, 0.6) is 5.75 Å². The Kier molecular flexibility index (Phi) is 4.13. The van der Waals surface area contributed by atoms with Gasteiger partial charge < -0.3 is 19.6 Å². The first-order valence-electron chi connectivity index (χ1n) is 9.88. The summed E-state index contributed by atoms with van der Waals surface area (Å²) < 4.78 is 5.95. The van der Waals surface area contributed by atoms with Gasteiger partial charge in [0.25, 0.3) is 0 Å². The van der Waals surface area contributed by atoms with Crippen molar-refractivity contribution in [3.63, 3.8) is 0 Å². The molecule has 1 aliphatic rings. The average molecular weight is 404 g/mol. The Morgan fingerprint density at radius 3 is 2.83 bits per heavy atom. The summed E-state index contributed by atoms with van der Waals surface area (Å²) in [5, 5.41) is 20.9. The Balaban J connectivity index is 1.78. The number of Topliss-reactive ketones (excluding diaryl/α,β-unsaturated/α-hetero) is 1. The highest BCUT2D eigenvalue weighted by atomic mass is 16.4. The Morgan fingerprint density at radius 2 is 2.03 bits per heavy atom. The van der Waals surface area contributed by atoms with E-state index in [0.717, 1.165) is 22.0 Å². The highest BCUT2D eigenvalue weighted by Crippen LogP contribution is 2.36. The van der Waals surface area contributed by atoms with Gasteiger partial charge in [-0.2, -0.15) is 0 Å². The van der Waals surface area contributed by atoms with E-state index >= 15 is 0 Å². The summed E-state index contributed by atoms with van der Waals surface area (Å²) in [6.45, 7) is 1.80. The van der Waals surface area contributed by atoms with Crippen molar-refractivity contribution in [2.24, 2.45) is 11.8 Å². The number of benzene rings is 2. The van der Waals surface area contributed by atoms with Crippen LogP contribution in [-0.4, -0.2) is 31.9 Å². The molecule has 3 N–H and O–H groups in total. The molecular formula is C23H20N2O5. The number of fused-ring (bicyclic) bond motifs is 4. The number of phenols is 1. The number of rotatable bonds is 1. The van der Waals surface area contributed by atoms with Crippen molar-refractivity contribution in [3.05, 3.63) is 47.7 Å². The first-order valence-corrected chi connectivity index (χ1v) is 9.88. The molecule has 152 valence electrons. The smallest absolute Gasteiger partial charge is 0.307 e. The molecule has 2 aromatic heterocycles. The summed E-state index contributed by atoms with van der Waals surface area (Å²) >= 11 is 0. The van der Waals surface area contributed by atoms with Gasteiger partial charge in [-0.05, 0) is 48.2 Å². The predicted octanol–water partition coefficient (Wildman–Crippen LogP) is 4.08. The molecule has 1 aliphatic heterocycles. The molecule has 30 heavy (non-hydrogen) atoms. The lowest BCUT2D eigenvalue weighted by molar-refractivity contribution is -0.144. The van der Waals surface area contributed by atoms with Crippen LogP contribution in [0.4, 0.5) is 0 Å². The highest BCUT2D eigenvalue weighted by molar-refractivity contribution is 6.05. The lowest BCUT2D eigenvalue weighted by Crippen LogP contribution is -2.24. The zero-order valence-electron chi connectivity index (χ0n) is 16.3. The molecule has 0 amide bonds. The van der Waals surface area contributed by atoms with Crippen molar-refractivity contribution in [2.45, 2.75) is 26.2 Å². The third-order valence-electron chi connectivity index (χ3n) is 5.93. The molecular weight excluding hydrogens is 384 g/mol. The van der Waals surface area contributed by atoms with E-state index in [2.05, 4.69) is 9.97 Å². The quantitative estimate of drug-likeness (QED) is 0.440. The van der Waals surface area contributed by atoms with Gasteiger partial charge in [-0.1, -0.05) is 13.0 Å². The molecule has 0 aliphatic carbocycles. The molecule has 2 atom stereocenters. The SMILES string of the molecule is CC1Cc2ccc(O)c(c2)-c2nc3c(ccc4[nH]cc(c43)CC(C(=O)O)CC1=O)o2. The molecule has 3 heterocycles. The van der Waals surface area contributed by atoms with E-state index in [-0.39, 0.29) is 36.2 Å². The lowest BCUT2D eigenvalue weighted by Gasteiger charge is -2.16. The second kappa shape index (κ2) is 6.73. The van der Waals surface area contributed by atoms with Crippen molar-refractivity contribution < 1.29 is 24.2 Å². The third-order valence-corrected chi connectivity index (χ3v) is 5.93. The van der Waals surface area contributed by atoms with Crippen molar-refractivity contribution >= 4 is 33.8 Å². The Morgan fingerprint density at radius 1 is 1.20 bits per heavy atom. The Labute approximate surface area is 171 Å². The van der Waals surface area contributed by atoms with Crippen LogP contribution in [0, 0.1) is 11.8 Å². The Bertz CT molecular complexity index is 1320. The highest BCUT2D eigenvalue weighted by Gasteiger charge is 2.27. The van der Waals surface area contributed by atoms with Crippen LogP contribution in [0.3, 0.4) is 0 Å². The van der Waals surface area contributed by atoms with Gasteiger partial charge in [-0.25, -0.2) is 4.98 Å². The van der Waals surface area contributed by atoms with Crippen molar-refractivity contribution in [1.29, 1.82) is 0 Å². The number of nitrogens with one attached hydrogen (secondary N) is 1. The minimum absolute atomic E-state index is 0.0336. The maximum absolute atomic E-state index is 12.8. The average Bonchev–Trinajstić information content (AvgIpc) is 3.31. The summed E-state index contributed by atoms with van der Waals surface area (Å²) in [5.41, 5.74) is 4.06. The normalized spacial score (nSPS) is 19.6. The van der Waals surface area contributed by atoms with Crippen molar-refractivity contribution in [2.75, 3.05) is 0 Å². The number of aromatic hydroxyl groups is 1. The number of carboxylic acids is 1. The van der Waals surface area contributed by atoms with Gasteiger partial charge in [-0.3, -0.25) is 9.59 Å². The molecule has 5 rings (SSSR count). The van der Waals surface area contributed by atoms with Gasteiger partial charge in [-0.15, -0.1) is 0 Å². The summed E-state index contributed by atoms with van der Waals surface area (Å²) in [6.07, 6.45) is 2.39. The van der Waals surface area contributed by atoms with Gasteiger partial charge in [0, 0.05) is 29.4 Å². The number of oxazole rings is 1. The van der Waals surface area contributed by atoms with Crippen LogP contribution in [0.15, 0.2) is 40.9 Å². The number of H-pyrrole nitrogens is 1. The molecule has 0 saturated heterocycles. The van der Waals surface area contributed by atoms with Crippen molar-refractivity contribution in [3.8, 4) is 17.2 Å². The minimum Gasteiger partial charge on any atom is -0.507 e. The van der Waals surface area contributed by atoms with Crippen LogP contribution in [-0.2, 0) is 22.4 Å². The molecule has 7 nitrogen and oxygen atoms in total. The number of aromatic amines is 1. The molecule has 4 bridgehead atoms. The van der Waals surface area contributed by atoms with Gasteiger partial charge in [0.15, 0.2) is 5.58 Å². The lowest BCUT2D eigenvalue weighted by atomic mass is 9.87. The number of carbonyl (C=O) groups excluding carboxylic acids is 1. The fourth-order valence-electron chi connectivity index (χ4n) is 4.26. The van der Waals surface area contributed by atoms with E-state index in [9.17, 15) is 19.8 Å². The summed E-state index contributed by atoms with van der Waals surface area (Å²) in [5.74, 6) is -1.91. The van der Waals surface area contributed by atoms with E-state index in [1.165, 1.54) is 0 Å². The molecule has 2 unspecified atom stereocenters. The van der Waals surface area contributed by atoms with E-state index in [1.54, 1.807) is 37.4 Å². The number of phenolic OH excluding ortho intramolecular Hbond substituents is 1. The van der Waals surface area contributed by atoms with E-state index in [4.69, 9.17) is 4.42 Å². The monoisotopic (exact) mass is 404 g/mol. The number of nitrogens with zero attached hydrogens (tertiary/aromatic N) is 1. The zero-order chi connectivity index (χ0) is 21.0.